The minimum atomic E-state index is -0.804. The van der Waals surface area contributed by atoms with Gasteiger partial charge in [-0.1, -0.05) is 0 Å². The molecule has 0 radical (unpaired) electrons. The average molecular weight is 187 g/mol. The Balaban J connectivity index is 2.33. The number of nitrogens with zero attached hydrogens (tertiary/aromatic N) is 1. The summed E-state index contributed by atoms with van der Waals surface area (Å²) in [6, 6.07) is 0. The van der Waals surface area contributed by atoms with E-state index in [1.54, 1.807) is 0 Å². The van der Waals surface area contributed by atoms with E-state index in [0.717, 1.165) is 11.5 Å². The standard InChI is InChI=1S/C7H9NO3S/c1-5-6(8-4-11-5)2-12-3-7(9)10/h4H,2-3H2,1H3,(H,9,10). The zero-order chi connectivity index (χ0) is 8.97. The van der Waals surface area contributed by atoms with Crippen LogP contribution in [-0.2, 0) is 10.5 Å². The van der Waals surface area contributed by atoms with Crippen LogP contribution in [0.3, 0.4) is 0 Å². The highest BCUT2D eigenvalue weighted by atomic mass is 32.2. The Labute approximate surface area is 74.0 Å². The number of carboxylic acid groups (broad SMARTS) is 1. The van der Waals surface area contributed by atoms with E-state index >= 15 is 0 Å². The maximum Gasteiger partial charge on any atom is 0.313 e. The molecule has 0 amide bonds. The zero-order valence-electron chi connectivity index (χ0n) is 6.61. The van der Waals surface area contributed by atoms with Gasteiger partial charge in [-0.05, 0) is 6.92 Å². The summed E-state index contributed by atoms with van der Waals surface area (Å²) in [6.45, 7) is 1.81. The largest absolute Gasteiger partial charge is 0.481 e. The van der Waals surface area contributed by atoms with Gasteiger partial charge in [0.15, 0.2) is 6.39 Å². The number of aliphatic carboxylic acids is 1. The summed E-state index contributed by atoms with van der Waals surface area (Å²) >= 11 is 1.31. The van der Waals surface area contributed by atoms with Crippen LogP contribution >= 0.6 is 11.8 Å². The molecule has 1 aromatic heterocycles. The van der Waals surface area contributed by atoms with Crippen molar-refractivity contribution < 1.29 is 14.3 Å². The second kappa shape index (κ2) is 4.15. The van der Waals surface area contributed by atoms with E-state index in [1.807, 2.05) is 6.92 Å². The molecule has 0 aliphatic rings. The smallest absolute Gasteiger partial charge is 0.313 e. The number of aryl methyl sites for hydroxylation is 1. The monoisotopic (exact) mass is 187 g/mol. The molecule has 0 fully saturated rings. The van der Waals surface area contributed by atoms with E-state index in [0.29, 0.717) is 5.75 Å². The van der Waals surface area contributed by atoms with Crippen molar-refractivity contribution >= 4 is 17.7 Å². The number of carbonyl (C=O) groups is 1. The molecule has 0 saturated carbocycles. The third-order valence-electron chi connectivity index (χ3n) is 1.31. The van der Waals surface area contributed by atoms with Gasteiger partial charge in [-0.2, -0.15) is 0 Å². The molecular formula is C7H9NO3S. The Kier molecular flexibility index (Phi) is 3.16. The van der Waals surface area contributed by atoms with Crippen LogP contribution < -0.4 is 0 Å². The van der Waals surface area contributed by atoms with Crippen molar-refractivity contribution in [3.05, 3.63) is 17.8 Å². The Hall–Kier alpha value is -0.970. The topological polar surface area (TPSA) is 63.3 Å². The Morgan fingerprint density at radius 3 is 3.08 bits per heavy atom. The number of oxazole rings is 1. The van der Waals surface area contributed by atoms with E-state index in [9.17, 15) is 4.79 Å². The van der Waals surface area contributed by atoms with Crippen LogP contribution in [-0.4, -0.2) is 21.8 Å². The molecule has 4 nitrogen and oxygen atoms in total. The molecule has 5 heteroatoms. The van der Waals surface area contributed by atoms with Crippen LogP contribution in [0.4, 0.5) is 0 Å². The normalized spacial score (nSPS) is 10.1. The van der Waals surface area contributed by atoms with Crippen LogP contribution in [0.2, 0.25) is 0 Å². The van der Waals surface area contributed by atoms with Gasteiger partial charge in [-0.3, -0.25) is 4.79 Å². The van der Waals surface area contributed by atoms with Gasteiger partial charge in [0.1, 0.15) is 5.76 Å². The molecule has 0 spiro atoms. The maximum atomic E-state index is 10.1. The maximum absolute atomic E-state index is 10.1. The molecule has 66 valence electrons. The summed E-state index contributed by atoms with van der Waals surface area (Å²) in [4.78, 5) is 14.1. The zero-order valence-corrected chi connectivity index (χ0v) is 7.43. The van der Waals surface area contributed by atoms with Crippen molar-refractivity contribution in [3.63, 3.8) is 0 Å². The SMILES string of the molecule is Cc1ocnc1CSCC(=O)O. The quantitative estimate of drug-likeness (QED) is 0.769. The molecule has 0 aromatic carbocycles. The lowest BCUT2D eigenvalue weighted by Crippen LogP contribution is -1.98. The minimum Gasteiger partial charge on any atom is -0.481 e. The summed E-state index contributed by atoms with van der Waals surface area (Å²) in [7, 11) is 0. The summed E-state index contributed by atoms with van der Waals surface area (Å²) in [5, 5.41) is 8.35. The molecule has 0 unspecified atom stereocenters. The summed E-state index contributed by atoms with van der Waals surface area (Å²) in [5.74, 6) is 0.648. The van der Waals surface area contributed by atoms with Crippen molar-refractivity contribution in [1.29, 1.82) is 0 Å². The lowest BCUT2D eigenvalue weighted by Gasteiger charge is -1.94. The number of rotatable bonds is 4. The van der Waals surface area contributed by atoms with Crippen LogP contribution in [0.1, 0.15) is 11.5 Å². The minimum absolute atomic E-state index is 0.103. The molecule has 0 atom stereocenters. The lowest BCUT2D eigenvalue weighted by molar-refractivity contribution is -0.133. The number of thioether (sulfide) groups is 1. The number of hydrogen-bond donors (Lipinski definition) is 1. The highest BCUT2D eigenvalue weighted by molar-refractivity contribution is 7.99. The molecule has 1 rings (SSSR count). The first kappa shape index (κ1) is 9.12. The first-order valence-electron chi connectivity index (χ1n) is 3.38. The third kappa shape index (κ3) is 2.58. The fourth-order valence-electron chi connectivity index (χ4n) is 0.702. The Morgan fingerprint density at radius 2 is 2.58 bits per heavy atom. The predicted molar refractivity (Wildman–Crippen MR) is 45.0 cm³/mol. The second-order valence-electron chi connectivity index (χ2n) is 2.24. The molecule has 0 saturated heterocycles. The van der Waals surface area contributed by atoms with E-state index in [1.165, 1.54) is 18.2 Å². The predicted octanol–water partition coefficient (Wildman–Crippen LogP) is 1.30. The Bertz CT molecular complexity index is 271. The summed E-state index contributed by atoms with van der Waals surface area (Å²) in [6.07, 6.45) is 1.37. The summed E-state index contributed by atoms with van der Waals surface area (Å²) < 4.78 is 4.95. The fraction of sp³-hybridized carbons (Fsp3) is 0.429. The first-order chi connectivity index (χ1) is 5.70. The van der Waals surface area contributed by atoms with Gasteiger partial charge in [-0.25, -0.2) is 4.98 Å². The first-order valence-corrected chi connectivity index (χ1v) is 4.54. The van der Waals surface area contributed by atoms with Gasteiger partial charge in [0, 0.05) is 5.75 Å². The molecule has 0 bridgehead atoms. The van der Waals surface area contributed by atoms with Crippen molar-refractivity contribution in [2.45, 2.75) is 12.7 Å². The molecule has 0 aliphatic heterocycles. The number of hydrogen-bond acceptors (Lipinski definition) is 4. The van der Waals surface area contributed by atoms with Gasteiger partial charge in [0.2, 0.25) is 0 Å². The highest BCUT2D eigenvalue weighted by Gasteiger charge is 2.04. The van der Waals surface area contributed by atoms with E-state index in [-0.39, 0.29) is 5.75 Å². The van der Waals surface area contributed by atoms with Crippen molar-refractivity contribution in [2.75, 3.05) is 5.75 Å². The average Bonchev–Trinajstić information content (AvgIpc) is 2.36. The molecule has 0 aliphatic carbocycles. The van der Waals surface area contributed by atoms with E-state index < -0.39 is 5.97 Å². The van der Waals surface area contributed by atoms with Gasteiger partial charge < -0.3 is 9.52 Å². The van der Waals surface area contributed by atoms with E-state index in [4.69, 9.17) is 9.52 Å². The van der Waals surface area contributed by atoms with Crippen LogP contribution in [0.15, 0.2) is 10.8 Å². The van der Waals surface area contributed by atoms with Crippen molar-refractivity contribution in [3.8, 4) is 0 Å². The van der Waals surface area contributed by atoms with Gasteiger partial charge >= 0.3 is 5.97 Å². The highest BCUT2D eigenvalue weighted by Crippen LogP contribution is 2.13. The summed E-state index contributed by atoms with van der Waals surface area (Å²) in [5.41, 5.74) is 0.821. The molecule has 12 heavy (non-hydrogen) atoms. The number of carboxylic acids is 1. The Morgan fingerprint density at radius 1 is 1.83 bits per heavy atom. The lowest BCUT2D eigenvalue weighted by atomic mass is 10.4. The van der Waals surface area contributed by atoms with Crippen molar-refractivity contribution in [2.24, 2.45) is 0 Å². The van der Waals surface area contributed by atoms with Crippen molar-refractivity contribution in [1.82, 2.24) is 4.98 Å². The van der Waals surface area contributed by atoms with Crippen LogP contribution in [0, 0.1) is 6.92 Å². The third-order valence-corrected chi connectivity index (χ3v) is 2.24. The fourth-order valence-corrected chi connectivity index (χ4v) is 1.45. The van der Waals surface area contributed by atoms with Gasteiger partial charge in [-0.15, -0.1) is 11.8 Å². The van der Waals surface area contributed by atoms with Gasteiger partial charge in [0.05, 0.1) is 11.4 Å². The van der Waals surface area contributed by atoms with Crippen LogP contribution in [0.5, 0.6) is 0 Å². The molecule has 1 N–H and O–H groups in total. The number of aromatic nitrogens is 1. The van der Waals surface area contributed by atoms with E-state index in [2.05, 4.69) is 4.98 Å². The molecule has 1 aromatic rings. The molecule has 1 heterocycles. The van der Waals surface area contributed by atoms with Crippen LogP contribution in [0.25, 0.3) is 0 Å². The van der Waals surface area contributed by atoms with Gasteiger partial charge in [0.25, 0.3) is 0 Å². The molecular weight excluding hydrogens is 178 g/mol. The second-order valence-corrected chi connectivity index (χ2v) is 3.23.